The van der Waals surface area contributed by atoms with Crippen molar-refractivity contribution >= 4 is 6.03 Å². The van der Waals surface area contributed by atoms with Gasteiger partial charge in [-0.2, -0.15) is 5.10 Å². The van der Waals surface area contributed by atoms with E-state index >= 15 is 0 Å². The minimum atomic E-state index is -0.187. The molecule has 1 aromatic carbocycles. The Bertz CT molecular complexity index is 686. The van der Waals surface area contributed by atoms with Crippen molar-refractivity contribution in [3.05, 3.63) is 48.3 Å². The predicted molar refractivity (Wildman–Crippen MR) is 96.5 cm³/mol. The van der Waals surface area contributed by atoms with Crippen molar-refractivity contribution in [2.75, 3.05) is 6.61 Å². The van der Waals surface area contributed by atoms with Gasteiger partial charge in [0.1, 0.15) is 0 Å². The Labute approximate surface area is 148 Å². The fourth-order valence-electron chi connectivity index (χ4n) is 3.57. The highest BCUT2D eigenvalue weighted by atomic mass is 16.3. The zero-order valence-corrected chi connectivity index (χ0v) is 14.6. The van der Waals surface area contributed by atoms with Crippen molar-refractivity contribution in [2.45, 2.75) is 44.7 Å². The van der Waals surface area contributed by atoms with Gasteiger partial charge in [-0.1, -0.05) is 31.0 Å². The van der Waals surface area contributed by atoms with Crippen LogP contribution in [-0.4, -0.2) is 33.6 Å². The fraction of sp³-hybridized carbons (Fsp3) is 0.474. The van der Waals surface area contributed by atoms with E-state index in [1.54, 1.807) is 10.9 Å². The van der Waals surface area contributed by atoms with Gasteiger partial charge >= 0.3 is 6.03 Å². The highest BCUT2D eigenvalue weighted by molar-refractivity contribution is 5.75. The topological polar surface area (TPSA) is 79.2 Å². The van der Waals surface area contributed by atoms with E-state index in [1.165, 1.54) is 0 Å². The molecule has 6 heteroatoms. The maximum atomic E-state index is 12.4. The predicted octanol–water partition coefficient (Wildman–Crippen LogP) is 2.78. The summed E-state index contributed by atoms with van der Waals surface area (Å²) >= 11 is 0. The van der Waals surface area contributed by atoms with Crippen LogP contribution in [-0.2, 0) is 0 Å². The van der Waals surface area contributed by atoms with Gasteiger partial charge in [-0.15, -0.1) is 0 Å². The second kappa shape index (κ2) is 8.16. The summed E-state index contributed by atoms with van der Waals surface area (Å²) in [4.78, 5) is 12.4. The number of benzene rings is 1. The summed E-state index contributed by atoms with van der Waals surface area (Å²) in [5.41, 5.74) is 1.95. The van der Waals surface area contributed by atoms with Crippen molar-refractivity contribution in [3.63, 3.8) is 0 Å². The molecular formula is C19H26N4O2. The molecule has 1 fully saturated rings. The molecule has 2 aromatic rings. The molecule has 1 aromatic heterocycles. The molecule has 1 aliphatic rings. The quantitative estimate of drug-likeness (QED) is 0.782. The molecule has 2 amide bonds. The van der Waals surface area contributed by atoms with Crippen molar-refractivity contribution in [1.29, 1.82) is 0 Å². The molecule has 3 unspecified atom stereocenters. The lowest BCUT2D eigenvalue weighted by atomic mass is 9.85. The lowest BCUT2D eigenvalue weighted by Crippen LogP contribution is -2.48. The summed E-state index contributed by atoms with van der Waals surface area (Å²) in [6, 6.07) is 9.49. The number of urea groups is 1. The number of carbonyl (C=O) groups is 1. The summed E-state index contributed by atoms with van der Waals surface area (Å²) < 4.78 is 1.80. The fourth-order valence-corrected chi connectivity index (χ4v) is 3.57. The number of hydrogen-bond acceptors (Lipinski definition) is 3. The Balaban J connectivity index is 1.66. The lowest BCUT2D eigenvalue weighted by Gasteiger charge is -2.31. The van der Waals surface area contributed by atoms with Crippen LogP contribution in [0.15, 0.2) is 42.7 Å². The zero-order chi connectivity index (χ0) is 17.6. The first-order valence-electron chi connectivity index (χ1n) is 8.96. The van der Waals surface area contributed by atoms with E-state index in [9.17, 15) is 9.90 Å². The van der Waals surface area contributed by atoms with E-state index in [0.717, 1.165) is 36.9 Å². The normalized spacial score (nSPS) is 21.5. The van der Waals surface area contributed by atoms with Crippen molar-refractivity contribution in [1.82, 2.24) is 20.4 Å². The molecule has 3 atom stereocenters. The molecule has 3 N–H and O–H groups in total. The minimum Gasteiger partial charge on any atom is -0.396 e. The van der Waals surface area contributed by atoms with Crippen LogP contribution in [0.1, 0.15) is 44.2 Å². The number of rotatable bonds is 5. The standard InChI is InChI=1S/C19H26N4O2/c1-14(16-8-3-5-10-18(16)23-12-6-11-20-23)21-19(25)22-17-9-4-2-7-15(17)13-24/h3,5-6,8,10-12,14-15,17,24H,2,4,7,9,13H2,1H3,(H2,21,22,25). The first-order valence-corrected chi connectivity index (χ1v) is 8.96. The Hall–Kier alpha value is -2.34. The Morgan fingerprint density at radius 1 is 1.32 bits per heavy atom. The van der Waals surface area contributed by atoms with E-state index in [1.807, 2.05) is 43.5 Å². The van der Waals surface area contributed by atoms with Crippen LogP contribution in [0.5, 0.6) is 0 Å². The first-order chi connectivity index (χ1) is 12.2. The smallest absolute Gasteiger partial charge is 0.315 e. The molecule has 1 aliphatic carbocycles. The Kier molecular flexibility index (Phi) is 5.71. The number of nitrogens with zero attached hydrogens (tertiary/aromatic N) is 2. The molecule has 1 saturated carbocycles. The van der Waals surface area contributed by atoms with E-state index in [0.29, 0.717) is 0 Å². The number of aliphatic hydroxyl groups excluding tert-OH is 1. The molecule has 0 bridgehead atoms. The van der Waals surface area contributed by atoms with Crippen LogP contribution in [0, 0.1) is 5.92 Å². The first kappa shape index (κ1) is 17.5. The number of para-hydroxylation sites is 1. The summed E-state index contributed by atoms with van der Waals surface area (Å²) in [5, 5.41) is 19.8. The number of amides is 2. The van der Waals surface area contributed by atoms with Gasteiger partial charge in [0.15, 0.2) is 0 Å². The minimum absolute atomic E-state index is 0.0484. The summed E-state index contributed by atoms with van der Waals surface area (Å²) in [7, 11) is 0. The molecule has 0 radical (unpaired) electrons. The highest BCUT2D eigenvalue weighted by Crippen LogP contribution is 2.24. The van der Waals surface area contributed by atoms with Gasteiger partial charge in [0, 0.05) is 31.0 Å². The van der Waals surface area contributed by atoms with Crippen molar-refractivity contribution < 1.29 is 9.90 Å². The molecule has 0 aliphatic heterocycles. The average molecular weight is 342 g/mol. The lowest BCUT2D eigenvalue weighted by molar-refractivity contribution is 0.153. The Morgan fingerprint density at radius 3 is 2.88 bits per heavy atom. The second-order valence-corrected chi connectivity index (χ2v) is 6.68. The van der Waals surface area contributed by atoms with Gasteiger partial charge in [0.05, 0.1) is 11.7 Å². The monoisotopic (exact) mass is 342 g/mol. The van der Waals surface area contributed by atoms with E-state index in [2.05, 4.69) is 15.7 Å². The van der Waals surface area contributed by atoms with Crippen LogP contribution >= 0.6 is 0 Å². The van der Waals surface area contributed by atoms with E-state index < -0.39 is 0 Å². The number of hydrogen-bond donors (Lipinski definition) is 3. The van der Waals surface area contributed by atoms with E-state index in [-0.39, 0.29) is 30.6 Å². The van der Waals surface area contributed by atoms with Crippen LogP contribution < -0.4 is 10.6 Å². The van der Waals surface area contributed by atoms with E-state index in [4.69, 9.17) is 0 Å². The van der Waals surface area contributed by atoms with Gasteiger partial charge in [-0.3, -0.25) is 0 Å². The van der Waals surface area contributed by atoms with Gasteiger partial charge in [0.25, 0.3) is 0 Å². The van der Waals surface area contributed by atoms with Gasteiger partial charge in [0.2, 0.25) is 0 Å². The van der Waals surface area contributed by atoms with Crippen molar-refractivity contribution in [2.24, 2.45) is 5.92 Å². The molecule has 6 nitrogen and oxygen atoms in total. The Morgan fingerprint density at radius 2 is 2.12 bits per heavy atom. The number of carbonyl (C=O) groups excluding carboxylic acids is 1. The molecule has 1 heterocycles. The SMILES string of the molecule is CC(NC(=O)NC1CCCCC1CO)c1ccccc1-n1cccn1. The van der Waals surface area contributed by atoms with Crippen LogP contribution in [0.4, 0.5) is 4.79 Å². The molecule has 0 spiro atoms. The third-order valence-electron chi connectivity index (χ3n) is 4.96. The molecule has 0 saturated heterocycles. The average Bonchev–Trinajstić information content (AvgIpc) is 3.16. The zero-order valence-electron chi connectivity index (χ0n) is 14.6. The number of nitrogens with one attached hydrogen (secondary N) is 2. The molecule has 134 valence electrons. The number of aromatic nitrogens is 2. The molecule has 3 rings (SSSR count). The summed E-state index contributed by atoms with van der Waals surface area (Å²) in [6.07, 6.45) is 7.74. The largest absolute Gasteiger partial charge is 0.396 e. The summed E-state index contributed by atoms with van der Waals surface area (Å²) in [5.74, 6) is 0.158. The number of aliphatic hydroxyl groups is 1. The second-order valence-electron chi connectivity index (χ2n) is 6.68. The van der Waals surface area contributed by atoms with Crippen LogP contribution in [0.25, 0.3) is 5.69 Å². The van der Waals surface area contributed by atoms with Crippen LogP contribution in [0.2, 0.25) is 0 Å². The molecular weight excluding hydrogens is 316 g/mol. The third kappa shape index (κ3) is 4.20. The maximum Gasteiger partial charge on any atom is 0.315 e. The summed E-state index contributed by atoms with van der Waals surface area (Å²) in [6.45, 7) is 2.09. The molecule has 25 heavy (non-hydrogen) atoms. The van der Waals surface area contributed by atoms with Gasteiger partial charge in [-0.25, -0.2) is 9.48 Å². The van der Waals surface area contributed by atoms with Gasteiger partial charge < -0.3 is 15.7 Å². The third-order valence-corrected chi connectivity index (χ3v) is 4.96. The van der Waals surface area contributed by atoms with Crippen molar-refractivity contribution in [3.8, 4) is 5.69 Å². The van der Waals surface area contributed by atoms with Crippen LogP contribution in [0.3, 0.4) is 0 Å². The van der Waals surface area contributed by atoms with Gasteiger partial charge in [-0.05, 0) is 37.5 Å². The highest BCUT2D eigenvalue weighted by Gasteiger charge is 2.26. The maximum absolute atomic E-state index is 12.4.